The molecule has 5 rings (SSSR count). The van der Waals surface area contributed by atoms with Crippen molar-refractivity contribution in [3.8, 4) is 33.8 Å². The summed E-state index contributed by atoms with van der Waals surface area (Å²) in [5, 5.41) is 27.2. The lowest BCUT2D eigenvalue weighted by molar-refractivity contribution is -0.593. The number of pyridine rings is 1. The van der Waals surface area contributed by atoms with Crippen LogP contribution in [0.15, 0.2) is 79.3 Å². The first-order valence-corrected chi connectivity index (χ1v) is 11.4. The summed E-state index contributed by atoms with van der Waals surface area (Å²) in [4.78, 5) is 4.54. The summed E-state index contributed by atoms with van der Waals surface area (Å²) in [6, 6.07) is 19.6. The first-order chi connectivity index (χ1) is 16.7. The van der Waals surface area contributed by atoms with Gasteiger partial charge in [0.1, 0.15) is 5.82 Å². The van der Waals surface area contributed by atoms with E-state index in [9.17, 15) is 5.21 Å². The number of aromatic amines is 1. The van der Waals surface area contributed by atoms with Gasteiger partial charge in [0.2, 0.25) is 5.69 Å². The van der Waals surface area contributed by atoms with E-state index in [-0.39, 0.29) is 0 Å². The van der Waals surface area contributed by atoms with Crippen LogP contribution in [0, 0.1) is 5.21 Å². The molecule has 1 N–H and O–H groups in total. The summed E-state index contributed by atoms with van der Waals surface area (Å²) in [5.41, 5.74) is 5.27. The lowest BCUT2D eigenvalue weighted by atomic mass is 9.92. The SMILES string of the molecule is CCCCc1nccn1Cc1ccc(-c2ccccc2-c2nnn[nH]2)c(-c2cccc[n+]2[O-])c1. The van der Waals surface area contributed by atoms with Gasteiger partial charge in [-0.2, -0.15) is 4.73 Å². The number of benzene rings is 2. The Balaban J connectivity index is 1.62. The lowest BCUT2D eigenvalue weighted by Crippen LogP contribution is -2.28. The Hall–Kier alpha value is -4.33. The van der Waals surface area contributed by atoms with Crippen molar-refractivity contribution in [3.63, 3.8) is 0 Å². The Morgan fingerprint density at radius 3 is 2.59 bits per heavy atom. The molecule has 0 atom stereocenters. The standard InChI is InChI=1S/C26H25N7O/c1-2-3-11-25-27-14-16-32(25)18-19-12-13-21(23(17-19)24-10-6-7-15-33(24)34)20-8-4-5-9-22(20)26-28-30-31-29-26/h4-10,12-17H,2-3,11,18H2,1H3,(H,28,29,30,31). The van der Waals surface area contributed by atoms with Gasteiger partial charge in [-0.3, -0.25) is 0 Å². The number of imidazole rings is 1. The first kappa shape index (κ1) is 21.5. The average Bonchev–Trinajstić information content (AvgIpc) is 3.56. The van der Waals surface area contributed by atoms with Gasteiger partial charge < -0.3 is 9.77 Å². The highest BCUT2D eigenvalue weighted by atomic mass is 16.5. The Bertz CT molecular complexity index is 1390. The second kappa shape index (κ2) is 9.66. The van der Waals surface area contributed by atoms with Crippen LogP contribution >= 0.6 is 0 Å². The predicted molar refractivity (Wildman–Crippen MR) is 129 cm³/mol. The second-order valence-electron chi connectivity index (χ2n) is 8.16. The van der Waals surface area contributed by atoms with Crippen LogP contribution in [0.4, 0.5) is 0 Å². The van der Waals surface area contributed by atoms with E-state index >= 15 is 0 Å². The third-order valence-electron chi connectivity index (χ3n) is 5.91. The summed E-state index contributed by atoms with van der Waals surface area (Å²) in [6.07, 6.45) is 8.58. The highest BCUT2D eigenvalue weighted by molar-refractivity contribution is 5.89. The zero-order chi connectivity index (χ0) is 23.3. The van der Waals surface area contributed by atoms with Crippen molar-refractivity contribution in [2.75, 3.05) is 0 Å². The molecule has 0 fully saturated rings. The van der Waals surface area contributed by atoms with Crippen molar-refractivity contribution in [1.82, 2.24) is 30.2 Å². The zero-order valence-electron chi connectivity index (χ0n) is 18.9. The minimum atomic E-state index is 0.577. The van der Waals surface area contributed by atoms with Crippen LogP contribution < -0.4 is 4.73 Å². The van der Waals surface area contributed by atoms with E-state index in [0.717, 1.165) is 57.6 Å². The Labute approximate surface area is 197 Å². The van der Waals surface area contributed by atoms with Gasteiger partial charge in [0, 0.05) is 43.1 Å². The van der Waals surface area contributed by atoms with E-state index in [1.54, 1.807) is 6.07 Å². The smallest absolute Gasteiger partial charge is 0.224 e. The number of hydrogen-bond acceptors (Lipinski definition) is 5. The molecule has 8 nitrogen and oxygen atoms in total. The number of aromatic nitrogens is 7. The minimum absolute atomic E-state index is 0.577. The molecule has 0 spiro atoms. The number of aryl methyl sites for hydroxylation is 1. The summed E-state index contributed by atoms with van der Waals surface area (Å²) >= 11 is 0. The van der Waals surface area contributed by atoms with Crippen LogP contribution in [0.5, 0.6) is 0 Å². The molecule has 2 aromatic carbocycles. The highest BCUT2D eigenvalue weighted by Crippen LogP contribution is 2.36. The fourth-order valence-corrected chi connectivity index (χ4v) is 4.21. The monoisotopic (exact) mass is 451 g/mol. The van der Waals surface area contributed by atoms with Crippen molar-refractivity contribution in [3.05, 3.63) is 95.8 Å². The Kier molecular flexibility index (Phi) is 6.11. The molecule has 0 aliphatic carbocycles. The van der Waals surface area contributed by atoms with Crippen molar-refractivity contribution >= 4 is 0 Å². The molecule has 8 heteroatoms. The van der Waals surface area contributed by atoms with E-state index in [2.05, 4.69) is 55.3 Å². The topological polar surface area (TPSA) is 99.2 Å². The predicted octanol–water partition coefficient (Wildman–Crippen LogP) is 4.42. The second-order valence-corrected chi connectivity index (χ2v) is 8.16. The fraction of sp³-hybridized carbons (Fsp3) is 0.192. The van der Waals surface area contributed by atoms with E-state index in [1.807, 2.05) is 48.8 Å². The largest absolute Gasteiger partial charge is 0.618 e. The molecule has 0 amide bonds. The normalized spacial score (nSPS) is 11.1. The van der Waals surface area contributed by atoms with Gasteiger partial charge in [0.15, 0.2) is 12.0 Å². The molecule has 34 heavy (non-hydrogen) atoms. The Morgan fingerprint density at radius 1 is 0.971 bits per heavy atom. The molecule has 0 saturated carbocycles. The van der Waals surface area contributed by atoms with Gasteiger partial charge in [-0.25, -0.2) is 10.1 Å². The molecule has 0 saturated heterocycles. The van der Waals surface area contributed by atoms with Crippen LogP contribution in [0.1, 0.15) is 31.2 Å². The third-order valence-corrected chi connectivity index (χ3v) is 5.91. The van der Waals surface area contributed by atoms with E-state index in [1.165, 1.54) is 6.20 Å². The van der Waals surface area contributed by atoms with Crippen LogP contribution in [-0.4, -0.2) is 30.2 Å². The molecule has 5 aromatic rings. The Morgan fingerprint density at radius 2 is 1.79 bits per heavy atom. The molecular weight excluding hydrogens is 426 g/mol. The zero-order valence-corrected chi connectivity index (χ0v) is 18.9. The van der Waals surface area contributed by atoms with Crippen LogP contribution in [-0.2, 0) is 13.0 Å². The van der Waals surface area contributed by atoms with Crippen molar-refractivity contribution < 1.29 is 4.73 Å². The van der Waals surface area contributed by atoms with E-state index in [0.29, 0.717) is 18.1 Å². The number of rotatable bonds is 8. The maximum atomic E-state index is 12.8. The quantitative estimate of drug-likeness (QED) is 0.278. The number of H-pyrrole nitrogens is 1. The number of tetrazole rings is 1. The molecule has 3 aromatic heterocycles. The number of nitrogens with zero attached hydrogens (tertiary/aromatic N) is 6. The van der Waals surface area contributed by atoms with Gasteiger partial charge in [0.05, 0.1) is 5.56 Å². The lowest BCUT2D eigenvalue weighted by Gasteiger charge is -2.15. The molecular formula is C26H25N7O. The van der Waals surface area contributed by atoms with Crippen LogP contribution in [0.2, 0.25) is 0 Å². The average molecular weight is 452 g/mol. The summed E-state index contributed by atoms with van der Waals surface area (Å²) in [6.45, 7) is 2.87. The maximum absolute atomic E-state index is 12.8. The molecule has 0 unspecified atom stereocenters. The fourth-order valence-electron chi connectivity index (χ4n) is 4.21. The van der Waals surface area contributed by atoms with Gasteiger partial charge in [-0.05, 0) is 45.7 Å². The minimum Gasteiger partial charge on any atom is -0.618 e. The molecule has 0 radical (unpaired) electrons. The van der Waals surface area contributed by atoms with Gasteiger partial charge in [-0.15, -0.1) is 5.10 Å². The first-order valence-electron chi connectivity index (χ1n) is 11.4. The molecule has 0 bridgehead atoms. The van der Waals surface area contributed by atoms with E-state index in [4.69, 9.17) is 0 Å². The van der Waals surface area contributed by atoms with Crippen molar-refractivity contribution in [2.24, 2.45) is 0 Å². The third kappa shape index (κ3) is 4.30. The van der Waals surface area contributed by atoms with Crippen LogP contribution in [0.3, 0.4) is 0 Å². The highest BCUT2D eigenvalue weighted by Gasteiger charge is 2.19. The maximum Gasteiger partial charge on any atom is 0.224 e. The summed E-state index contributed by atoms with van der Waals surface area (Å²) < 4.78 is 3.09. The number of nitrogens with one attached hydrogen (secondary N) is 1. The van der Waals surface area contributed by atoms with Gasteiger partial charge in [-0.1, -0.05) is 49.7 Å². The summed E-state index contributed by atoms with van der Waals surface area (Å²) in [5.74, 6) is 1.65. The van der Waals surface area contributed by atoms with Gasteiger partial charge in [0.25, 0.3) is 0 Å². The van der Waals surface area contributed by atoms with Crippen molar-refractivity contribution in [2.45, 2.75) is 32.7 Å². The molecule has 0 aliphatic rings. The van der Waals surface area contributed by atoms with Crippen LogP contribution in [0.25, 0.3) is 33.8 Å². The molecule has 170 valence electrons. The van der Waals surface area contributed by atoms with Crippen molar-refractivity contribution in [1.29, 1.82) is 0 Å². The molecule has 3 heterocycles. The van der Waals surface area contributed by atoms with Gasteiger partial charge >= 0.3 is 0 Å². The number of hydrogen-bond donors (Lipinski definition) is 1. The number of unbranched alkanes of at least 4 members (excludes halogenated alkanes) is 1. The van der Waals surface area contributed by atoms with E-state index < -0.39 is 0 Å². The summed E-state index contributed by atoms with van der Waals surface area (Å²) in [7, 11) is 0. The molecule has 0 aliphatic heterocycles.